The summed E-state index contributed by atoms with van der Waals surface area (Å²) in [5.74, 6) is 1.02. The summed E-state index contributed by atoms with van der Waals surface area (Å²) in [6.07, 6.45) is 3.59. The fourth-order valence-corrected chi connectivity index (χ4v) is 3.29. The van der Waals surface area contributed by atoms with Gasteiger partial charge in [-0.1, -0.05) is 42.8 Å². The second-order valence-corrected chi connectivity index (χ2v) is 6.83. The van der Waals surface area contributed by atoms with Gasteiger partial charge in [0.05, 0.1) is 18.6 Å². The summed E-state index contributed by atoms with van der Waals surface area (Å²) < 4.78 is 10.8. The van der Waals surface area contributed by atoms with E-state index in [1.807, 2.05) is 30.3 Å². The van der Waals surface area contributed by atoms with E-state index in [0.717, 1.165) is 17.5 Å². The van der Waals surface area contributed by atoms with Gasteiger partial charge in [-0.15, -0.1) is 0 Å². The Bertz CT molecular complexity index is 766. The van der Waals surface area contributed by atoms with Crippen LogP contribution in [0.15, 0.2) is 36.4 Å². The first-order chi connectivity index (χ1) is 12.1. The molecule has 1 fully saturated rings. The third-order valence-corrected chi connectivity index (χ3v) is 4.96. The highest BCUT2D eigenvalue weighted by Gasteiger charge is 2.27. The minimum atomic E-state index is -0.237. The normalized spacial score (nSPS) is 13.6. The molecule has 0 aromatic heterocycles. The predicted molar refractivity (Wildman–Crippen MR) is 99.3 cm³/mol. The zero-order valence-corrected chi connectivity index (χ0v) is 15.4. The van der Waals surface area contributed by atoms with E-state index in [0.29, 0.717) is 23.3 Å². The Hall–Kier alpha value is -2.00. The summed E-state index contributed by atoms with van der Waals surface area (Å²) in [7, 11) is 1.41. The number of rotatable bonds is 7. The van der Waals surface area contributed by atoms with Gasteiger partial charge in [-0.3, -0.25) is 4.79 Å². The van der Waals surface area contributed by atoms with Crippen molar-refractivity contribution in [3.05, 3.63) is 63.7 Å². The van der Waals surface area contributed by atoms with Gasteiger partial charge in [0.25, 0.3) is 0 Å². The van der Waals surface area contributed by atoms with Gasteiger partial charge in [-0.25, -0.2) is 0 Å². The number of methoxy groups -OCH3 is 1. The number of ether oxygens (including phenoxy) is 2. The smallest absolute Gasteiger partial charge is 0.309 e. The summed E-state index contributed by atoms with van der Waals surface area (Å²) >= 11 is 6.34. The third-order valence-electron chi connectivity index (χ3n) is 4.67. The van der Waals surface area contributed by atoms with Crippen LogP contribution in [0.2, 0.25) is 5.02 Å². The van der Waals surface area contributed by atoms with E-state index in [2.05, 4.69) is 13.0 Å². The molecule has 0 saturated heterocycles. The maximum absolute atomic E-state index is 11.7. The number of benzene rings is 2. The van der Waals surface area contributed by atoms with Crippen molar-refractivity contribution >= 4 is 17.6 Å². The van der Waals surface area contributed by atoms with Gasteiger partial charge in [-0.05, 0) is 59.6 Å². The van der Waals surface area contributed by atoms with Gasteiger partial charge >= 0.3 is 5.97 Å². The lowest BCUT2D eigenvalue weighted by Crippen LogP contribution is -2.10. The quantitative estimate of drug-likeness (QED) is 0.648. The Kier molecular flexibility index (Phi) is 5.64. The fourth-order valence-electron chi connectivity index (χ4n) is 3.03. The number of esters is 1. The highest BCUT2D eigenvalue weighted by molar-refractivity contribution is 6.32. The lowest BCUT2D eigenvalue weighted by Gasteiger charge is -2.16. The second-order valence-electron chi connectivity index (χ2n) is 6.42. The van der Waals surface area contributed by atoms with Crippen molar-refractivity contribution in [2.45, 2.75) is 45.1 Å². The van der Waals surface area contributed by atoms with Gasteiger partial charge in [0.1, 0.15) is 12.4 Å². The summed E-state index contributed by atoms with van der Waals surface area (Å²) in [6, 6.07) is 12.0. The molecule has 25 heavy (non-hydrogen) atoms. The Labute approximate surface area is 153 Å². The Morgan fingerprint density at radius 3 is 2.68 bits per heavy atom. The molecule has 0 atom stereocenters. The van der Waals surface area contributed by atoms with E-state index in [1.165, 1.54) is 31.1 Å². The van der Waals surface area contributed by atoms with Gasteiger partial charge < -0.3 is 9.47 Å². The van der Waals surface area contributed by atoms with E-state index in [4.69, 9.17) is 21.1 Å². The number of halogens is 1. The predicted octanol–water partition coefficient (Wildman–Crippen LogP) is 5.07. The van der Waals surface area contributed by atoms with E-state index in [1.54, 1.807) is 0 Å². The maximum Gasteiger partial charge on any atom is 0.309 e. The summed E-state index contributed by atoms with van der Waals surface area (Å²) in [5, 5.41) is 0.623. The maximum atomic E-state index is 11.7. The highest BCUT2D eigenvalue weighted by Crippen LogP contribution is 2.42. The topological polar surface area (TPSA) is 35.5 Å². The number of hydrogen-bond acceptors (Lipinski definition) is 3. The molecule has 1 aliphatic rings. The first kappa shape index (κ1) is 17.8. The van der Waals surface area contributed by atoms with Crippen LogP contribution in [0.1, 0.15) is 47.9 Å². The molecular formula is C21H23ClO3. The lowest BCUT2D eigenvalue weighted by molar-refractivity contribution is -0.139. The highest BCUT2D eigenvalue weighted by atomic mass is 35.5. The molecule has 4 heteroatoms. The van der Waals surface area contributed by atoms with Crippen LogP contribution in [0.4, 0.5) is 0 Å². The van der Waals surface area contributed by atoms with E-state index >= 15 is 0 Å². The first-order valence-corrected chi connectivity index (χ1v) is 9.08. The van der Waals surface area contributed by atoms with Crippen molar-refractivity contribution in [1.82, 2.24) is 0 Å². The second kappa shape index (κ2) is 7.92. The molecule has 3 nitrogen and oxygen atoms in total. The molecule has 2 aromatic rings. The van der Waals surface area contributed by atoms with Crippen LogP contribution in [0.3, 0.4) is 0 Å². The van der Waals surface area contributed by atoms with Crippen molar-refractivity contribution in [3.8, 4) is 5.75 Å². The summed E-state index contributed by atoms with van der Waals surface area (Å²) in [4.78, 5) is 11.7. The SMILES string of the molecule is CCc1ccc(OCc2c(CC(=O)OC)cccc2C2CC2)c(Cl)c1. The molecule has 0 aliphatic heterocycles. The zero-order valence-electron chi connectivity index (χ0n) is 14.7. The molecule has 0 amide bonds. The molecule has 0 unspecified atom stereocenters. The van der Waals surface area contributed by atoms with Gasteiger partial charge in [0.2, 0.25) is 0 Å². The standard InChI is InChI=1S/C21H23ClO3/c1-3-14-7-10-20(19(22)11-14)25-13-18-16(12-21(23)24-2)5-4-6-17(18)15-8-9-15/h4-7,10-11,15H,3,8-9,12-13H2,1-2H3. The van der Waals surface area contributed by atoms with E-state index in [-0.39, 0.29) is 12.4 Å². The molecule has 0 spiro atoms. The fraction of sp³-hybridized carbons (Fsp3) is 0.381. The molecule has 3 rings (SSSR count). The van der Waals surface area contributed by atoms with Crippen molar-refractivity contribution < 1.29 is 14.3 Å². The van der Waals surface area contributed by atoms with E-state index in [9.17, 15) is 4.79 Å². The first-order valence-electron chi connectivity index (χ1n) is 8.71. The van der Waals surface area contributed by atoms with Crippen LogP contribution >= 0.6 is 11.6 Å². The molecule has 0 radical (unpaired) electrons. The van der Waals surface area contributed by atoms with E-state index < -0.39 is 0 Å². The molecule has 0 heterocycles. The zero-order chi connectivity index (χ0) is 17.8. The monoisotopic (exact) mass is 358 g/mol. The van der Waals surface area contributed by atoms with Gasteiger partial charge in [-0.2, -0.15) is 0 Å². The lowest BCUT2D eigenvalue weighted by atomic mass is 9.96. The average Bonchev–Trinajstić information content (AvgIpc) is 3.46. The number of aryl methyl sites for hydroxylation is 1. The van der Waals surface area contributed by atoms with Crippen LogP contribution in [-0.2, 0) is 29.0 Å². The summed E-state index contributed by atoms with van der Waals surface area (Å²) in [6.45, 7) is 2.50. The molecule has 1 aliphatic carbocycles. The van der Waals surface area contributed by atoms with Crippen molar-refractivity contribution in [2.75, 3.05) is 7.11 Å². The Balaban J connectivity index is 1.84. The molecule has 0 N–H and O–H groups in total. The van der Waals surface area contributed by atoms with Crippen LogP contribution in [0.25, 0.3) is 0 Å². The van der Waals surface area contributed by atoms with Crippen LogP contribution in [0.5, 0.6) is 5.75 Å². The van der Waals surface area contributed by atoms with Crippen LogP contribution < -0.4 is 4.74 Å². The van der Waals surface area contributed by atoms with Gasteiger partial charge in [0, 0.05) is 0 Å². The third kappa shape index (κ3) is 4.35. The molecular weight excluding hydrogens is 336 g/mol. The number of carbonyl (C=O) groups is 1. The molecule has 0 bridgehead atoms. The van der Waals surface area contributed by atoms with Crippen molar-refractivity contribution in [1.29, 1.82) is 0 Å². The minimum absolute atomic E-state index is 0.237. The Morgan fingerprint density at radius 1 is 1.24 bits per heavy atom. The molecule has 2 aromatic carbocycles. The number of hydrogen-bond donors (Lipinski definition) is 0. The van der Waals surface area contributed by atoms with Crippen molar-refractivity contribution in [3.63, 3.8) is 0 Å². The van der Waals surface area contributed by atoms with Crippen LogP contribution in [-0.4, -0.2) is 13.1 Å². The largest absolute Gasteiger partial charge is 0.487 e. The van der Waals surface area contributed by atoms with Crippen molar-refractivity contribution in [2.24, 2.45) is 0 Å². The average molecular weight is 359 g/mol. The Morgan fingerprint density at radius 2 is 2.04 bits per heavy atom. The van der Waals surface area contributed by atoms with Gasteiger partial charge in [0.15, 0.2) is 0 Å². The minimum Gasteiger partial charge on any atom is -0.487 e. The molecule has 1 saturated carbocycles. The van der Waals surface area contributed by atoms with Crippen LogP contribution in [0, 0.1) is 0 Å². The molecule has 132 valence electrons. The summed E-state index contributed by atoms with van der Waals surface area (Å²) in [5.41, 5.74) is 4.52. The number of carbonyl (C=O) groups excluding carboxylic acids is 1.